The van der Waals surface area contributed by atoms with Gasteiger partial charge in [0.25, 0.3) is 0 Å². The van der Waals surface area contributed by atoms with Gasteiger partial charge >= 0.3 is 5.97 Å². The highest BCUT2D eigenvalue weighted by atomic mass is 16.6. The van der Waals surface area contributed by atoms with E-state index in [2.05, 4.69) is 22.3 Å². The van der Waals surface area contributed by atoms with Crippen LogP contribution >= 0.6 is 0 Å². The van der Waals surface area contributed by atoms with Crippen LogP contribution < -0.4 is 10.1 Å². The minimum Gasteiger partial charge on any atom is -0.508 e. The van der Waals surface area contributed by atoms with E-state index in [1.54, 1.807) is 31.4 Å². The van der Waals surface area contributed by atoms with Gasteiger partial charge in [-0.25, -0.2) is 0 Å². The standard InChI is InChI=1S/C31H38N2O5/c1-22(34)38-31-14-13-26(32-29(36)12-11-23-5-3-7-27(35)17-23)19-30(31,25-6-4-8-28(18-25)37-2)15-16-33(21-31)20-24-9-10-24/h3-8,11-12,17-18,24,26,35H,9-10,13-16,19-21H2,1-2H3,(H,32,36)/t26-,30-,31-/m0/s1. The predicted molar refractivity (Wildman–Crippen MR) is 146 cm³/mol. The molecule has 2 N–H and O–H groups in total. The minimum atomic E-state index is -0.670. The van der Waals surface area contributed by atoms with Crippen molar-refractivity contribution in [1.82, 2.24) is 10.2 Å². The van der Waals surface area contributed by atoms with Gasteiger partial charge in [0.2, 0.25) is 5.91 Å². The smallest absolute Gasteiger partial charge is 0.303 e. The van der Waals surface area contributed by atoms with Crippen LogP contribution in [0.3, 0.4) is 0 Å². The third-order valence-corrected chi connectivity index (χ3v) is 8.52. The quantitative estimate of drug-likeness (QED) is 0.397. The molecule has 1 aliphatic heterocycles. The summed E-state index contributed by atoms with van der Waals surface area (Å²) in [5, 5.41) is 12.9. The first-order valence-corrected chi connectivity index (χ1v) is 13.6. The van der Waals surface area contributed by atoms with Crippen molar-refractivity contribution in [3.63, 3.8) is 0 Å². The van der Waals surface area contributed by atoms with E-state index in [-0.39, 0.29) is 23.7 Å². The van der Waals surface area contributed by atoms with E-state index >= 15 is 0 Å². The van der Waals surface area contributed by atoms with Gasteiger partial charge in [-0.05, 0) is 92.5 Å². The van der Waals surface area contributed by atoms with Crippen LogP contribution in [-0.2, 0) is 19.7 Å². The highest BCUT2D eigenvalue weighted by molar-refractivity contribution is 5.92. The molecule has 202 valence electrons. The number of fused-ring (bicyclic) bond motifs is 1. The third kappa shape index (κ3) is 5.58. The number of hydrogen-bond donors (Lipinski definition) is 2. The van der Waals surface area contributed by atoms with Crippen molar-refractivity contribution in [1.29, 1.82) is 0 Å². The lowest BCUT2D eigenvalue weighted by molar-refractivity contribution is -0.187. The molecule has 7 nitrogen and oxygen atoms in total. The second-order valence-corrected chi connectivity index (χ2v) is 11.2. The Morgan fingerprint density at radius 3 is 2.68 bits per heavy atom. The molecule has 5 rings (SSSR count). The van der Waals surface area contributed by atoms with Gasteiger partial charge in [-0.2, -0.15) is 0 Å². The lowest BCUT2D eigenvalue weighted by atomic mass is 9.55. The highest BCUT2D eigenvalue weighted by Gasteiger charge is 2.61. The molecule has 7 heteroatoms. The summed E-state index contributed by atoms with van der Waals surface area (Å²) >= 11 is 0. The van der Waals surface area contributed by atoms with Crippen LogP contribution in [0.25, 0.3) is 6.08 Å². The number of phenolic OH excluding ortho intramolecular Hbond substituents is 1. The summed E-state index contributed by atoms with van der Waals surface area (Å²) in [5.74, 6) is 1.25. The van der Waals surface area contributed by atoms with Gasteiger partial charge in [-0.1, -0.05) is 24.3 Å². The maximum absolute atomic E-state index is 12.9. The number of hydrogen-bond acceptors (Lipinski definition) is 6. The second kappa shape index (κ2) is 10.8. The van der Waals surface area contributed by atoms with Crippen molar-refractivity contribution in [2.75, 3.05) is 26.7 Å². The maximum Gasteiger partial charge on any atom is 0.303 e. The zero-order valence-corrected chi connectivity index (χ0v) is 22.3. The van der Waals surface area contributed by atoms with Crippen LogP contribution in [0.5, 0.6) is 11.5 Å². The van der Waals surface area contributed by atoms with Gasteiger partial charge in [-0.3, -0.25) is 14.5 Å². The summed E-state index contributed by atoms with van der Waals surface area (Å²) in [5.41, 5.74) is 0.738. The fourth-order valence-electron chi connectivity index (χ4n) is 6.60. The summed E-state index contributed by atoms with van der Waals surface area (Å²) in [6.07, 6.45) is 8.69. The molecular weight excluding hydrogens is 480 g/mol. The van der Waals surface area contributed by atoms with Crippen LogP contribution in [0, 0.1) is 5.92 Å². The molecule has 0 spiro atoms. The lowest BCUT2D eigenvalue weighted by Crippen LogP contribution is -2.68. The number of methoxy groups -OCH3 is 1. The van der Waals surface area contributed by atoms with Crippen LogP contribution in [0.1, 0.15) is 56.6 Å². The van der Waals surface area contributed by atoms with E-state index in [0.29, 0.717) is 19.4 Å². The van der Waals surface area contributed by atoms with Crippen molar-refractivity contribution >= 4 is 18.0 Å². The molecule has 1 heterocycles. The Morgan fingerprint density at radius 1 is 1.13 bits per heavy atom. The Kier molecular flexibility index (Phi) is 7.48. The molecule has 1 saturated heterocycles. The Labute approximate surface area is 224 Å². The number of ether oxygens (including phenoxy) is 2. The van der Waals surface area contributed by atoms with Gasteiger partial charge in [0, 0.05) is 37.5 Å². The summed E-state index contributed by atoms with van der Waals surface area (Å²) in [7, 11) is 1.66. The zero-order valence-electron chi connectivity index (χ0n) is 22.3. The number of rotatable bonds is 8. The molecule has 2 aliphatic carbocycles. The SMILES string of the molecule is COc1cccc([C@@]23CCN(CC4CC4)C[C@@]2(OC(C)=O)CC[C@H](NC(=O)C=Cc2cccc(O)c2)C3)c1. The van der Waals surface area contributed by atoms with Crippen molar-refractivity contribution < 1.29 is 24.2 Å². The summed E-state index contributed by atoms with van der Waals surface area (Å²) < 4.78 is 11.9. The zero-order chi connectivity index (χ0) is 26.8. The van der Waals surface area contributed by atoms with E-state index in [9.17, 15) is 14.7 Å². The van der Waals surface area contributed by atoms with Crippen LogP contribution in [-0.4, -0.2) is 60.3 Å². The van der Waals surface area contributed by atoms with Crippen LogP contribution in [0.4, 0.5) is 0 Å². The van der Waals surface area contributed by atoms with Gasteiger partial charge in [0.05, 0.1) is 7.11 Å². The van der Waals surface area contributed by atoms with E-state index in [1.165, 1.54) is 25.8 Å². The lowest BCUT2D eigenvalue weighted by Gasteiger charge is -2.59. The molecule has 1 amide bonds. The fourth-order valence-corrected chi connectivity index (χ4v) is 6.60. The maximum atomic E-state index is 12.9. The van der Waals surface area contributed by atoms with Crippen LogP contribution in [0.15, 0.2) is 54.6 Å². The summed E-state index contributed by atoms with van der Waals surface area (Å²) in [6.45, 7) is 4.19. The number of amides is 1. The Hall–Kier alpha value is -3.32. The fraction of sp³-hybridized carbons (Fsp3) is 0.484. The van der Waals surface area contributed by atoms with E-state index < -0.39 is 11.0 Å². The first kappa shape index (κ1) is 26.3. The van der Waals surface area contributed by atoms with Crippen molar-refractivity contribution in [2.45, 2.75) is 62.5 Å². The van der Waals surface area contributed by atoms with Crippen LogP contribution in [0.2, 0.25) is 0 Å². The number of benzene rings is 2. The van der Waals surface area contributed by atoms with E-state index in [1.807, 2.05) is 18.2 Å². The molecule has 0 bridgehead atoms. The molecule has 38 heavy (non-hydrogen) atoms. The first-order valence-electron chi connectivity index (χ1n) is 13.6. The van der Waals surface area contributed by atoms with E-state index in [4.69, 9.17) is 9.47 Å². The number of nitrogens with one attached hydrogen (secondary N) is 1. The number of piperidine rings is 1. The monoisotopic (exact) mass is 518 g/mol. The Morgan fingerprint density at radius 2 is 1.95 bits per heavy atom. The molecule has 3 aliphatic rings. The molecule has 3 atom stereocenters. The normalized spacial score (nSPS) is 27.5. The average Bonchev–Trinajstić information content (AvgIpc) is 3.71. The number of phenols is 1. The van der Waals surface area contributed by atoms with Gasteiger partial charge in [0.15, 0.2) is 0 Å². The highest BCUT2D eigenvalue weighted by Crippen LogP contribution is 2.54. The molecule has 2 aromatic carbocycles. The first-order chi connectivity index (χ1) is 18.3. The van der Waals surface area contributed by atoms with Gasteiger partial charge in [0.1, 0.15) is 17.1 Å². The predicted octanol–water partition coefficient (Wildman–Crippen LogP) is 4.44. The molecule has 0 radical (unpaired) electrons. The molecule has 3 fully saturated rings. The Balaban J connectivity index is 1.43. The second-order valence-electron chi connectivity index (χ2n) is 11.2. The number of aromatic hydroxyl groups is 1. The van der Waals surface area contributed by atoms with Gasteiger partial charge in [-0.15, -0.1) is 0 Å². The number of carbonyl (C=O) groups excluding carboxylic acids is 2. The Bertz CT molecular complexity index is 1210. The number of esters is 1. The van der Waals surface area contributed by atoms with Crippen molar-refractivity contribution in [3.05, 3.63) is 65.7 Å². The summed E-state index contributed by atoms with van der Waals surface area (Å²) in [6, 6.07) is 14.8. The molecule has 0 unspecified atom stereocenters. The largest absolute Gasteiger partial charge is 0.508 e. The summed E-state index contributed by atoms with van der Waals surface area (Å²) in [4.78, 5) is 28.0. The number of nitrogens with zero attached hydrogens (tertiary/aromatic N) is 1. The third-order valence-electron chi connectivity index (χ3n) is 8.52. The average molecular weight is 519 g/mol. The minimum absolute atomic E-state index is 0.0683. The van der Waals surface area contributed by atoms with Crippen molar-refractivity contribution in [2.24, 2.45) is 5.92 Å². The number of likely N-dealkylation sites (tertiary alicyclic amines) is 1. The number of carbonyl (C=O) groups is 2. The topological polar surface area (TPSA) is 88.1 Å². The molecule has 2 saturated carbocycles. The van der Waals surface area contributed by atoms with Gasteiger partial charge < -0.3 is 19.9 Å². The molecular formula is C31H38N2O5. The van der Waals surface area contributed by atoms with E-state index in [0.717, 1.165) is 48.7 Å². The van der Waals surface area contributed by atoms with Crippen molar-refractivity contribution in [3.8, 4) is 11.5 Å². The molecule has 2 aromatic rings. The molecule has 0 aromatic heterocycles.